The lowest BCUT2D eigenvalue weighted by Gasteiger charge is -2.39. The number of anilines is 1. The molecule has 2 saturated heterocycles. The second-order valence-corrected chi connectivity index (χ2v) is 10.2. The van der Waals surface area contributed by atoms with Crippen molar-refractivity contribution in [1.82, 2.24) is 19.7 Å². The first-order valence-electron chi connectivity index (χ1n) is 12.9. The Hall–Kier alpha value is -3.49. The zero-order valence-electron chi connectivity index (χ0n) is 20.9. The minimum absolute atomic E-state index is 0.0660. The molecule has 2 aliphatic rings. The van der Waals surface area contributed by atoms with Crippen molar-refractivity contribution in [3.8, 4) is 0 Å². The number of nitrogens with one attached hydrogen (secondary N) is 2. The topological polar surface area (TPSA) is 71.7 Å². The second-order valence-electron chi connectivity index (χ2n) is 9.80. The molecule has 5 rings (SSSR count). The Morgan fingerprint density at radius 1 is 1.14 bits per heavy atom. The summed E-state index contributed by atoms with van der Waals surface area (Å²) in [5.74, 6) is -0.280. The third-order valence-corrected chi connectivity index (χ3v) is 7.74. The van der Waals surface area contributed by atoms with Gasteiger partial charge in [-0.3, -0.25) is 19.4 Å². The van der Waals surface area contributed by atoms with Crippen LogP contribution in [0.3, 0.4) is 0 Å². The molecular formula is C29H33N5O2S. The average molecular weight is 516 g/mol. The van der Waals surface area contributed by atoms with Crippen molar-refractivity contribution in [3.63, 3.8) is 0 Å². The van der Waals surface area contributed by atoms with Gasteiger partial charge in [-0.1, -0.05) is 42.5 Å². The Kier molecular flexibility index (Phi) is 7.67. The molecule has 0 aliphatic carbocycles. The molecule has 37 heavy (non-hydrogen) atoms. The second kappa shape index (κ2) is 11.3. The lowest BCUT2D eigenvalue weighted by molar-refractivity contribution is -0.131. The van der Waals surface area contributed by atoms with Crippen molar-refractivity contribution in [2.24, 2.45) is 0 Å². The number of piperidine rings is 1. The lowest BCUT2D eigenvalue weighted by atomic mass is 10.00. The molecule has 2 amide bonds. The third kappa shape index (κ3) is 5.60. The molecule has 3 heterocycles. The van der Waals surface area contributed by atoms with Crippen LogP contribution in [0.5, 0.6) is 0 Å². The SMILES string of the molecule is C=CCCN1C(=O)C(CC(=O)Nc2ccc3cc[nH]c3c2)N(C2CCN(Cc3ccccc3)CC2)C1=S. The fourth-order valence-electron chi connectivity index (χ4n) is 5.40. The van der Waals surface area contributed by atoms with Crippen LogP contribution in [0, 0.1) is 0 Å². The lowest BCUT2D eigenvalue weighted by Crippen LogP contribution is -2.49. The van der Waals surface area contributed by atoms with Gasteiger partial charge in [0.15, 0.2) is 5.11 Å². The Bertz CT molecular complexity index is 1280. The van der Waals surface area contributed by atoms with Crippen LogP contribution in [0.25, 0.3) is 10.9 Å². The smallest absolute Gasteiger partial charge is 0.252 e. The van der Waals surface area contributed by atoms with Gasteiger partial charge in [-0.25, -0.2) is 0 Å². The number of rotatable bonds is 9. The van der Waals surface area contributed by atoms with Gasteiger partial charge in [-0.2, -0.15) is 0 Å². The minimum Gasteiger partial charge on any atom is -0.361 e. The predicted molar refractivity (Wildman–Crippen MR) is 151 cm³/mol. The number of fused-ring (bicyclic) bond motifs is 1. The van der Waals surface area contributed by atoms with Crippen molar-refractivity contribution in [2.45, 2.75) is 44.3 Å². The summed E-state index contributed by atoms with van der Waals surface area (Å²) in [6.07, 6.45) is 6.18. The number of hydrogen-bond donors (Lipinski definition) is 2. The van der Waals surface area contributed by atoms with Gasteiger partial charge in [0.1, 0.15) is 6.04 Å². The summed E-state index contributed by atoms with van der Waals surface area (Å²) in [6.45, 7) is 7.05. The highest BCUT2D eigenvalue weighted by Gasteiger charge is 2.46. The van der Waals surface area contributed by atoms with Crippen LogP contribution >= 0.6 is 12.2 Å². The van der Waals surface area contributed by atoms with E-state index < -0.39 is 6.04 Å². The van der Waals surface area contributed by atoms with E-state index in [9.17, 15) is 9.59 Å². The van der Waals surface area contributed by atoms with Gasteiger partial charge in [0, 0.05) is 49.6 Å². The summed E-state index contributed by atoms with van der Waals surface area (Å²) >= 11 is 5.82. The molecule has 0 bridgehead atoms. The van der Waals surface area contributed by atoms with Crippen LogP contribution in [0.1, 0.15) is 31.2 Å². The first-order valence-corrected chi connectivity index (χ1v) is 13.3. The summed E-state index contributed by atoms with van der Waals surface area (Å²) in [5.41, 5.74) is 2.96. The highest BCUT2D eigenvalue weighted by Crippen LogP contribution is 2.29. The van der Waals surface area contributed by atoms with Crippen LogP contribution in [0.4, 0.5) is 5.69 Å². The van der Waals surface area contributed by atoms with Crippen molar-refractivity contribution >= 4 is 45.7 Å². The minimum atomic E-state index is -0.586. The zero-order chi connectivity index (χ0) is 25.8. The monoisotopic (exact) mass is 515 g/mol. The maximum absolute atomic E-state index is 13.5. The summed E-state index contributed by atoms with van der Waals surface area (Å²) in [7, 11) is 0. The zero-order valence-corrected chi connectivity index (χ0v) is 21.8. The number of aromatic amines is 1. The largest absolute Gasteiger partial charge is 0.361 e. The van der Waals surface area contributed by atoms with E-state index in [0.717, 1.165) is 43.4 Å². The number of amides is 2. The molecule has 8 heteroatoms. The molecule has 1 atom stereocenters. The normalized spacial score (nSPS) is 19.1. The number of carbonyl (C=O) groups excluding carboxylic acids is 2. The molecular weight excluding hydrogens is 482 g/mol. The van der Waals surface area contributed by atoms with Crippen LogP contribution in [-0.2, 0) is 16.1 Å². The number of H-pyrrole nitrogens is 1. The number of nitrogens with zero attached hydrogens (tertiary/aromatic N) is 3. The number of thiocarbonyl (C=S) groups is 1. The Morgan fingerprint density at radius 2 is 1.92 bits per heavy atom. The first-order chi connectivity index (χ1) is 18.0. The first kappa shape index (κ1) is 25.2. The highest BCUT2D eigenvalue weighted by atomic mass is 32.1. The third-order valence-electron chi connectivity index (χ3n) is 7.31. The van der Waals surface area contributed by atoms with E-state index in [-0.39, 0.29) is 24.3 Å². The van der Waals surface area contributed by atoms with Crippen molar-refractivity contribution in [1.29, 1.82) is 0 Å². The van der Waals surface area contributed by atoms with Gasteiger partial charge < -0.3 is 15.2 Å². The number of likely N-dealkylation sites (tertiary alicyclic amines) is 1. The quantitative estimate of drug-likeness (QED) is 0.324. The number of carbonyl (C=O) groups is 2. The predicted octanol–water partition coefficient (Wildman–Crippen LogP) is 4.53. The molecule has 2 N–H and O–H groups in total. The van der Waals surface area contributed by atoms with Crippen molar-refractivity contribution in [3.05, 3.63) is 79.0 Å². The molecule has 1 unspecified atom stereocenters. The van der Waals surface area contributed by atoms with E-state index in [1.807, 2.05) is 41.4 Å². The van der Waals surface area contributed by atoms with E-state index in [0.29, 0.717) is 23.8 Å². The Labute approximate surface area is 223 Å². The number of hydrogen-bond acceptors (Lipinski definition) is 4. The molecule has 192 valence electrons. The van der Waals surface area contributed by atoms with Crippen molar-refractivity contribution < 1.29 is 9.59 Å². The Morgan fingerprint density at radius 3 is 2.68 bits per heavy atom. The van der Waals surface area contributed by atoms with E-state index in [1.54, 1.807) is 11.0 Å². The summed E-state index contributed by atoms with van der Waals surface area (Å²) in [5, 5.41) is 4.60. The maximum atomic E-state index is 13.5. The van der Waals surface area contributed by atoms with Gasteiger partial charge in [0.2, 0.25) is 5.91 Å². The average Bonchev–Trinajstić information content (AvgIpc) is 3.46. The highest BCUT2D eigenvalue weighted by molar-refractivity contribution is 7.80. The molecule has 2 aromatic carbocycles. The summed E-state index contributed by atoms with van der Waals surface area (Å²) in [6, 6.07) is 17.8. The van der Waals surface area contributed by atoms with Crippen molar-refractivity contribution in [2.75, 3.05) is 25.0 Å². The van der Waals surface area contributed by atoms with Gasteiger partial charge in [-0.15, -0.1) is 6.58 Å². The number of benzene rings is 2. The Balaban J connectivity index is 1.27. The molecule has 7 nitrogen and oxygen atoms in total. The van der Waals surface area contributed by atoms with Crippen LogP contribution in [-0.4, -0.2) is 68.3 Å². The van der Waals surface area contributed by atoms with Gasteiger partial charge >= 0.3 is 0 Å². The van der Waals surface area contributed by atoms with Crippen LogP contribution in [0.15, 0.2) is 73.4 Å². The van der Waals surface area contributed by atoms with Gasteiger partial charge in [0.05, 0.1) is 6.42 Å². The maximum Gasteiger partial charge on any atom is 0.252 e. The van der Waals surface area contributed by atoms with E-state index >= 15 is 0 Å². The van der Waals surface area contributed by atoms with E-state index in [4.69, 9.17) is 12.2 Å². The fraction of sp³-hybridized carbons (Fsp3) is 0.345. The molecule has 1 aromatic heterocycles. The summed E-state index contributed by atoms with van der Waals surface area (Å²) in [4.78, 5) is 35.9. The van der Waals surface area contributed by atoms with Crippen LogP contribution in [0.2, 0.25) is 0 Å². The molecule has 0 radical (unpaired) electrons. The van der Waals surface area contributed by atoms with Gasteiger partial charge in [0.25, 0.3) is 5.91 Å². The molecule has 3 aromatic rings. The molecule has 2 fully saturated rings. The van der Waals surface area contributed by atoms with E-state index in [1.165, 1.54) is 5.56 Å². The van der Waals surface area contributed by atoms with E-state index in [2.05, 4.69) is 46.0 Å². The molecule has 2 aliphatic heterocycles. The fourth-order valence-corrected chi connectivity index (χ4v) is 5.86. The summed E-state index contributed by atoms with van der Waals surface area (Å²) < 4.78 is 0. The standard InChI is InChI=1S/C29H33N5O2S/c1-2-3-15-33-28(36)26(19-27(35)31-23-10-9-22-11-14-30-25(22)18-23)34(29(33)37)24-12-16-32(17-13-24)20-21-7-5-4-6-8-21/h2,4-11,14,18,24,26,30H,1,3,12-13,15-17,19-20H2,(H,31,35). The number of aromatic nitrogens is 1. The van der Waals surface area contributed by atoms with Crippen LogP contribution < -0.4 is 5.32 Å². The van der Waals surface area contributed by atoms with Gasteiger partial charge in [-0.05, 0) is 60.6 Å². The molecule has 0 spiro atoms. The molecule has 0 saturated carbocycles.